The minimum absolute atomic E-state index is 0.695. The molecule has 3 heteroatoms. The third kappa shape index (κ3) is 2.07. The lowest BCUT2D eigenvalue weighted by Crippen LogP contribution is -2.03. The molecule has 0 spiro atoms. The Hall–Kier alpha value is -1.61. The van der Waals surface area contributed by atoms with Gasteiger partial charge in [-0.25, -0.2) is 4.68 Å². The van der Waals surface area contributed by atoms with Crippen molar-refractivity contribution in [3.63, 3.8) is 0 Å². The number of benzene rings is 1. The van der Waals surface area contributed by atoms with Crippen LogP contribution in [0.3, 0.4) is 0 Å². The molecule has 0 saturated heterocycles. The number of rotatable bonds is 3. The molecular weight excluding hydrogens is 186 g/mol. The van der Waals surface area contributed by atoms with Gasteiger partial charge in [0.25, 0.3) is 0 Å². The molecule has 3 nitrogen and oxygen atoms in total. The van der Waals surface area contributed by atoms with Gasteiger partial charge in [0.15, 0.2) is 0 Å². The van der Waals surface area contributed by atoms with E-state index < -0.39 is 0 Å². The standard InChI is InChI=1S/C12H15N3/c1-10-7-9-14-15(10)12-4-2-11(3-5-12)6-8-13/h2-5,7,9H,6,8,13H2,1H3. The second-order valence-electron chi connectivity index (χ2n) is 3.59. The van der Waals surface area contributed by atoms with E-state index in [-0.39, 0.29) is 0 Å². The maximum atomic E-state index is 5.50. The van der Waals surface area contributed by atoms with E-state index in [1.54, 1.807) is 0 Å². The number of aromatic nitrogens is 2. The molecule has 15 heavy (non-hydrogen) atoms. The number of hydrogen-bond donors (Lipinski definition) is 1. The lowest BCUT2D eigenvalue weighted by Gasteiger charge is -2.05. The van der Waals surface area contributed by atoms with Crippen molar-refractivity contribution in [1.82, 2.24) is 9.78 Å². The molecule has 0 aliphatic rings. The van der Waals surface area contributed by atoms with Crippen LogP contribution < -0.4 is 5.73 Å². The van der Waals surface area contributed by atoms with Gasteiger partial charge in [0.1, 0.15) is 0 Å². The molecule has 78 valence electrons. The molecule has 0 aliphatic carbocycles. The van der Waals surface area contributed by atoms with Crippen molar-refractivity contribution in [2.24, 2.45) is 5.73 Å². The SMILES string of the molecule is Cc1ccnn1-c1ccc(CCN)cc1. The Morgan fingerprint density at radius 3 is 2.47 bits per heavy atom. The number of hydrogen-bond acceptors (Lipinski definition) is 2. The molecule has 0 bridgehead atoms. The zero-order valence-corrected chi connectivity index (χ0v) is 8.85. The van der Waals surface area contributed by atoms with Crippen LogP contribution in [0.5, 0.6) is 0 Å². The van der Waals surface area contributed by atoms with Crippen LogP contribution in [-0.2, 0) is 6.42 Å². The van der Waals surface area contributed by atoms with E-state index in [2.05, 4.69) is 29.4 Å². The van der Waals surface area contributed by atoms with Crippen molar-refractivity contribution in [3.05, 3.63) is 47.8 Å². The first-order valence-corrected chi connectivity index (χ1v) is 5.11. The molecule has 1 aromatic carbocycles. The van der Waals surface area contributed by atoms with Crippen molar-refractivity contribution in [3.8, 4) is 5.69 Å². The maximum absolute atomic E-state index is 5.50. The fourth-order valence-electron chi connectivity index (χ4n) is 1.61. The molecule has 0 unspecified atom stereocenters. The van der Waals surface area contributed by atoms with Crippen molar-refractivity contribution >= 4 is 0 Å². The summed E-state index contributed by atoms with van der Waals surface area (Å²) in [7, 11) is 0. The van der Waals surface area contributed by atoms with E-state index in [4.69, 9.17) is 5.73 Å². The quantitative estimate of drug-likeness (QED) is 0.821. The molecule has 1 aromatic heterocycles. The summed E-state index contributed by atoms with van der Waals surface area (Å²) in [5.41, 5.74) is 9.01. The van der Waals surface area contributed by atoms with Gasteiger partial charge in [-0.1, -0.05) is 12.1 Å². The van der Waals surface area contributed by atoms with Crippen molar-refractivity contribution < 1.29 is 0 Å². The summed E-state index contributed by atoms with van der Waals surface area (Å²) in [6.45, 7) is 2.74. The topological polar surface area (TPSA) is 43.8 Å². The van der Waals surface area contributed by atoms with Crippen LogP contribution in [0.2, 0.25) is 0 Å². The second-order valence-corrected chi connectivity index (χ2v) is 3.59. The van der Waals surface area contributed by atoms with Crippen LogP contribution in [0.1, 0.15) is 11.3 Å². The largest absolute Gasteiger partial charge is 0.330 e. The summed E-state index contributed by atoms with van der Waals surface area (Å²) >= 11 is 0. The van der Waals surface area contributed by atoms with Gasteiger partial charge in [-0.3, -0.25) is 0 Å². The Labute approximate surface area is 89.5 Å². The van der Waals surface area contributed by atoms with Crippen LogP contribution in [0.15, 0.2) is 36.5 Å². The fourth-order valence-corrected chi connectivity index (χ4v) is 1.61. The van der Waals surface area contributed by atoms with Gasteiger partial charge in [-0.05, 0) is 43.7 Å². The molecule has 0 aliphatic heterocycles. The molecule has 0 saturated carbocycles. The zero-order valence-electron chi connectivity index (χ0n) is 8.85. The van der Waals surface area contributed by atoms with Crippen LogP contribution in [0.4, 0.5) is 0 Å². The number of nitrogens with two attached hydrogens (primary N) is 1. The van der Waals surface area contributed by atoms with Gasteiger partial charge < -0.3 is 5.73 Å². The summed E-state index contributed by atoms with van der Waals surface area (Å²) in [4.78, 5) is 0. The monoisotopic (exact) mass is 201 g/mol. The third-order valence-corrected chi connectivity index (χ3v) is 2.45. The highest BCUT2D eigenvalue weighted by Gasteiger charge is 1.99. The highest BCUT2D eigenvalue weighted by molar-refractivity contribution is 5.35. The summed E-state index contributed by atoms with van der Waals surface area (Å²) in [6.07, 6.45) is 2.74. The van der Waals surface area contributed by atoms with E-state index in [9.17, 15) is 0 Å². The van der Waals surface area contributed by atoms with Crippen molar-refractivity contribution in [2.45, 2.75) is 13.3 Å². The fraction of sp³-hybridized carbons (Fsp3) is 0.250. The van der Waals surface area contributed by atoms with Gasteiger partial charge in [0, 0.05) is 11.9 Å². The Morgan fingerprint density at radius 2 is 1.93 bits per heavy atom. The molecule has 2 N–H and O–H groups in total. The van der Waals surface area contributed by atoms with Gasteiger partial charge >= 0.3 is 0 Å². The highest BCUT2D eigenvalue weighted by Crippen LogP contribution is 2.11. The van der Waals surface area contributed by atoms with Crippen LogP contribution in [-0.4, -0.2) is 16.3 Å². The smallest absolute Gasteiger partial charge is 0.0648 e. The molecule has 2 aromatic rings. The Balaban J connectivity index is 2.28. The van der Waals surface area contributed by atoms with E-state index in [0.717, 1.165) is 17.8 Å². The van der Waals surface area contributed by atoms with E-state index >= 15 is 0 Å². The minimum atomic E-state index is 0.695. The molecule has 2 rings (SSSR count). The summed E-state index contributed by atoms with van der Waals surface area (Å²) in [5, 5.41) is 4.25. The van der Waals surface area contributed by atoms with Crippen LogP contribution in [0.25, 0.3) is 5.69 Å². The van der Waals surface area contributed by atoms with Gasteiger partial charge in [0.2, 0.25) is 0 Å². The first kappa shape index (κ1) is 9.93. The molecular formula is C12H15N3. The van der Waals surface area contributed by atoms with Gasteiger partial charge in [0.05, 0.1) is 5.69 Å². The predicted octanol–water partition coefficient (Wildman–Crippen LogP) is 1.68. The lowest BCUT2D eigenvalue weighted by molar-refractivity contribution is 0.845. The van der Waals surface area contributed by atoms with Crippen LogP contribution in [0, 0.1) is 6.92 Å². The first-order valence-electron chi connectivity index (χ1n) is 5.11. The normalized spacial score (nSPS) is 10.5. The second kappa shape index (κ2) is 4.28. The molecule has 0 radical (unpaired) electrons. The molecule has 0 amide bonds. The zero-order chi connectivity index (χ0) is 10.7. The van der Waals surface area contributed by atoms with Crippen LogP contribution >= 0.6 is 0 Å². The average Bonchev–Trinajstić information content (AvgIpc) is 2.66. The van der Waals surface area contributed by atoms with E-state index in [1.165, 1.54) is 5.56 Å². The number of aryl methyl sites for hydroxylation is 1. The van der Waals surface area contributed by atoms with E-state index in [0.29, 0.717) is 6.54 Å². The lowest BCUT2D eigenvalue weighted by atomic mass is 10.1. The molecule has 1 heterocycles. The predicted molar refractivity (Wildman–Crippen MR) is 61.1 cm³/mol. The van der Waals surface area contributed by atoms with E-state index in [1.807, 2.05) is 23.9 Å². The van der Waals surface area contributed by atoms with Gasteiger partial charge in [-0.15, -0.1) is 0 Å². The molecule has 0 atom stereocenters. The summed E-state index contributed by atoms with van der Waals surface area (Å²) < 4.78 is 1.92. The summed E-state index contributed by atoms with van der Waals surface area (Å²) in [6, 6.07) is 10.3. The summed E-state index contributed by atoms with van der Waals surface area (Å²) in [5.74, 6) is 0. The van der Waals surface area contributed by atoms with Crippen molar-refractivity contribution in [1.29, 1.82) is 0 Å². The first-order chi connectivity index (χ1) is 7.31. The van der Waals surface area contributed by atoms with Gasteiger partial charge in [-0.2, -0.15) is 5.10 Å². The third-order valence-electron chi connectivity index (χ3n) is 2.45. The Kier molecular flexibility index (Phi) is 2.83. The maximum Gasteiger partial charge on any atom is 0.0648 e. The highest BCUT2D eigenvalue weighted by atomic mass is 15.3. The average molecular weight is 201 g/mol. The Morgan fingerprint density at radius 1 is 1.20 bits per heavy atom. The molecule has 0 fully saturated rings. The minimum Gasteiger partial charge on any atom is -0.330 e. The van der Waals surface area contributed by atoms with Crippen molar-refractivity contribution in [2.75, 3.05) is 6.54 Å². The Bertz CT molecular complexity index is 428. The number of nitrogens with zero attached hydrogens (tertiary/aromatic N) is 2.